The van der Waals surface area contributed by atoms with Gasteiger partial charge in [0.1, 0.15) is 11.9 Å². The Labute approximate surface area is 241 Å². The number of nitrogen functional groups attached to an aromatic ring is 1. The average Bonchev–Trinajstić information content (AvgIpc) is 2.96. The maximum atomic E-state index is 13.6. The summed E-state index contributed by atoms with van der Waals surface area (Å²) in [5, 5.41) is 29.7. The van der Waals surface area contributed by atoms with Crippen LogP contribution in [0.1, 0.15) is 36.1 Å². The number of rotatable bonds is 11. The largest absolute Gasteiger partial charge is 0.481 e. The van der Waals surface area contributed by atoms with Gasteiger partial charge in [0, 0.05) is 18.2 Å². The quantitative estimate of drug-likeness (QED) is 0.113. The van der Waals surface area contributed by atoms with Crippen molar-refractivity contribution >= 4 is 41.3 Å². The molecule has 0 fully saturated rings. The van der Waals surface area contributed by atoms with Crippen molar-refractivity contribution in [3.05, 3.63) is 102 Å². The summed E-state index contributed by atoms with van der Waals surface area (Å²) in [5.74, 6) is -5.04. The molecule has 13 nitrogen and oxygen atoms in total. The fourth-order valence-corrected chi connectivity index (χ4v) is 4.04. The van der Waals surface area contributed by atoms with Gasteiger partial charge in [-0.05, 0) is 35.4 Å². The van der Waals surface area contributed by atoms with Gasteiger partial charge in [-0.3, -0.25) is 24.7 Å². The van der Waals surface area contributed by atoms with E-state index in [9.17, 15) is 34.2 Å². The molecule has 3 aromatic rings. The zero-order valence-corrected chi connectivity index (χ0v) is 22.6. The molecule has 218 valence electrons. The number of carboxylic acid groups (broad SMARTS) is 2. The number of hydrogen-bond acceptors (Lipinski definition) is 6. The molecule has 42 heavy (non-hydrogen) atoms. The number of hydrogen-bond donors (Lipinski definition) is 6. The summed E-state index contributed by atoms with van der Waals surface area (Å²) in [6.07, 6.45) is -0.932. The van der Waals surface area contributed by atoms with Crippen LogP contribution in [-0.4, -0.2) is 56.9 Å². The van der Waals surface area contributed by atoms with E-state index in [2.05, 4.69) is 10.7 Å². The van der Waals surface area contributed by atoms with E-state index in [0.29, 0.717) is 21.8 Å². The van der Waals surface area contributed by atoms with Crippen molar-refractivity contribution in [2.75, 3.05) is 4.90 Å². The van der Waals surface area contributed by atoms with Gasteiger partial charge in [0.05, 0.1) is 13.0 Å². The highest BCUT2D eigenvalue weighted by Crippen LogP contribution is 2.20. The number of carboxylic acids is 2. The molecule has 0 spiro atoms. The number of nitrogens with one attached hydrogen (secondary N) is 3. The van der Waals surface area contributed by atoms with E-state index in [1.807, 2.05) is 0 Å². The van der Waals surface area contributed by atoms with Crippen molar-refractivity contribution < 1.29 is 34.2 Å². The Morgan fingerprint density at radius 3 is 1.95 bits per heavy atom. The molecular formula is C29H30N6O7. The maximum Gasteiger partial charge on any atom is 0.341 e. The molecular weight excluding hydrogens is 544 g/mol. The van der Waals surface area contributed by atoms with Crippen LogP contribution >= 0.6 is 0 Å². The maximum absolute atomic E-state index is 13.6. The summed E-state index contributed by atoms with van der Waals surface area (Å²) >= 11 is 0. The van der Waals surface area contributed by atoms with Gasteiger partial charge in [-0.15, -0.1) is 0 Å². The number of hydrazine groups is 1. The lowest BCUT2D eigenvalue weighted by molar-refractivity contribution is -0.149. The van der Waals surface area contributed by atoms with E-state index < -0.39 is 48.3 Å². The third-order valence-corrected chi connectivity index (χ3v) is 6.12. The topological polar surface area (TPSA) is 206 Å². The SMILES string of the molecule is CC(=O)N(NC(=O)N(Cc1ccccc1)c1ccc(C(=N)N)cc1)[C@@H](CC(=O)O)C(=O)N[C@H](C(=O)O)c1ccccc1. The van der Waals surface area contributed by atoms with Gasteiger partial charge in [-0.25, -0.2) is 20.0 Å². The van der Waals surface area contributed by atoms with Crippen molar-refractivity contribution in [1.82, 2.24) is 15.8 Å². The lowest BCUT2D eigenvalue weighted by Gasteiger charge is -2.33. The van der Waals surface area contributed by atoms with Crippen molar-refractivity contribution in [2.24, 2.45) is 5.73 Å². The first-order valence-electron chi connectivity index (χ1n) is 12.6. The van der Waals surface area contributed by atoms with Gasteiger partial charge in [0.25, 0.3) is 0 Å². The van der Waals surface area contributed by atoms with Crippen molar-refractivity contribution in [1.29, 1.82) is 5.41 Å². The number of nitrogens with zero attached hydrogens (tertiary/aromatic N) is 2. The lowest BCUT2D eigenvalue weighted by Crippen LogP contribution is -2.60. The summed E-state index contributed by atoms with van der Waals surface area (Å²) in [4.78, 5) is 64.5. The second-order valence-corrected chi connectivity index (χ2v) is 9.14. The molecule has 0 aliphatic heterocycles. The van der Waals surface area contributed by atoms with Gasteiger partial charge in [-0.1, -0.05) is 60.7 Å². The molecule has 0 saturated heterocycles. The average molecular weight is 575 g/mol. The second kappa shape index (κ2) is 14.1. The molecule has 0 heterocycles. The predicted octanol–water partition coefficient (Wildman–Crippen LogP) is 2.24. The van der Waals surface area contributed by atoms with Crippen LogP contribution in [0, 0.1) is 5.41 Å². The number of amides is 4. The predicted molar refractivity (Wildman–Crippen MR) is 152 cm³/mol. The number of anilines is 1. The minimum absolute atomic E-state index is 0.0166. The number of aliphatic carboxylic acids is 2. The smallest absolute Gasteiger partial charge is 0.341 e. The van der Waals surface area contributed by atoms with E-state index in [1.54, 1.807) is 48.5 Å². The summed E-state index contributed by atoms with van der Waals surface area (Å²) in [6, 6.07) is 18.5. The van der Waals surface area contributed by atoms with E-state index in [4.69, 9.17) is 11.1 Å². The van der Waals surface area contributed by atoms with Crippen LogP contribution in [-0.2, 0) is 25.7 Å². The monoisotopic (exact) mass is 574 g/mol. The van der Waals surface area contributed by atoms with E-state index >= 15 is 0 Å². The molecule has 0 aliphatic rings. The zero-order valence-electron chi connectivity index (χ0n) is 22.6. The van der Waals surface area contributed by atoms with Gasteiger partial charge in [0.2, 0.25) is 11.8 Å². The van der Waals surface area contributed by atoms with E-state index in [-0.39, 0.29) is 17.9 Å². The number of nitrogens with two attached hydrogens (primary N) is 1. The van der Waals surface area contributed by atoms with Crippen LogP contribution in [0.15, 0.2) is 84.9 Å². The first-order valence-corrected chi connectivity index (χ1v) is 12.6. The van der Waals surface area contributed by atoms with Crippen molar-refractivity contribution in [3.8, 4) is 0 Å². The van der Waals surface area contributed by atoms with Gasteiger partial charge in [0.15, 0.2) is 6.04 Å². The Morgan fingerprint density at radius 2 is 1.45 bits per heavy atom. The number of carbonyl (C=O) groups excluding carboxylic acids is 3. The standard InChI is InChI=1S/C29H30N6O7/c1-18(36)35(23(16-24(37)38)27(39)32-25(28(40)41)20-10-6-3-7-11-20)33-29(42)34(17-19-8-4-2-5-9-19)22-14-12-21(13-15-22)26(30)31/h2-15,23,25H,16-17H2,1H3,(H3,30,31)(H,32,39)(H,33,42)(H,37,38)(H,40,41)/t23-,25-/m0/s1. The molecule has 0 aromatic heterocycles. The first-order chi connectivity index (χ1) is 20.0. The molecule has 13 heteroatoms. The van der Waals surface area contributed by atoms with Crippen molar-refractivity contribution in [3.63, 3.8) is 0 Å². The van der Waals surface area contributed by atoms with Crippen LogP contribution in [0.4, 0.5) is 10.5 Å². The minimum Gasteiger partial charge on any atom is -0.481 e. The number of urea groups is 1. The molecule has 7 N–H and O–H groups in total. The third-order valence-electron chi connectivity index (χ3n) is 6.12. The van der Waals surface area contributed by atoms with Crippen LogP contribution in [0.5, 0.6) is 0 Å². The fourth-order valence-electron chi connectivity index (χ4n) is 4.04. The van der Waals surface area contributed by atoms with Crippen LogP contribution in [0.3, 0.4) is 0 Å². The molecule has 0 unspecified atom stereocenters. The first kappa shape index (κ1) is 30.8. The lowest BCUT2D eigenvalue weighted by atomic mass is 10.1. The van der Waals surface area contributed by atoms with Crippen LogP contribution < -0.4 is 21.4 Å². The Hall–Kier alpha value is -5.72. The Balaban J connectivity index is 1.94. The highest BCUT2D eigenvalue weighted by molar-refractivity contribution is 5.98. The minimum atomic E-state index is -1.80. The number of benzene rings is 3. The van der Waals surface area contributed by atoms with Crippen LogP contribution in [0.25, 0.3) is 0 Å². The summed E-state index contributed by atoms with van der Waals surface area (Å²) in [7, 11) is 0. The summed E-state index contributed by atoms with van der Waals surface area (Å²) < 4.78 is 0. The van der Waals surface area contributed by atoms with Crippen LogP contribution in [0.2, 0.25) is 0 Å². The third kappa shape index (κ3) is 8.14. The molecule has 3 aromatic carbocycles. The molecule has 3 rings (SSSR count). The molecule has 4 amide bonds. The summed E-state index contributed by atoms with van der Waals surface area (Å²) in [6.45, 7) is 1.04. The highest BCUT2D eigenvalue weighted by Gasteiger charge is 2.35. The van der Waals surface area contributed by atoms with E-state index in [1.165, 1.54) is 41.3 Å². The summed E-state index contributed by atoms with van der Waals surface area (Å²) in [5.41, 5.74) is 9.56. The Morgan fingerprint density at radius 1 is 0.881 bits per heavy atom. The fraction of sp³-hybridized carbons (Fsp3) is 0.172. The number of carbonyl (C=O) groups is 5. The molecule has 2 atom stereocenters. The second-order valence-electron chi connectivity index (χ2n) is 9.14. The molecule has 0 aliphatic carbocycles. The number of amidine groups is 1. The Kier molecular flexibility index (Phi) is 10.3. The zero-order chi connectivity index (χ0) is 30.8. The highest BCUT2D eigenvalue weighted by atomic mass is 16.4. The van der Waals surface area contributed by atoms with E-state index in [0.717, 1.165) is 6.92 Å². The van der Waals surface area contributed by atoms with Crippen molar-refractivity contribution in [2.45, 2.75) is 32.0 Å². The Bertz CT molecular complexity index is 1450. The molecule has 0 saturated carbocycles. The normalized spacial score (nSPS) is 11.8. The molecule has 0 radical (unpaired) electrons. The van der Waals surface area contributed by atoms with Gasteiger partial charge < -0.3 is 21.3 Å². The van der Waals surface area contributed by atoms with Gasteiger partial charge in [-0.2, -0.15) is 0 Å². The van der Waals surface area contributed by atoms with Gasteiger partial charge >= 0.3 is 18.0 Å². The molecule has 0 bridgehead atoms.